The van der Waals surface area contributed by atoms with Crippen molar-refractivity contribution in [1.82, 2.24) is 4.90 Å². The number of hydrogen-bond acceptors (Lipinski definition) is 3. The predicted octanol–water partition coefficient (Wildman–Crippen LogP) is 2.93. The van der Waals surface area contributed by atoms with E-state index in [1.54, 1.807) is 0 Å². The highest BCUT2D eigenvalue weighted by molar-refractivity contribution is 9.10. The maximum Gasteiger partial charge on any atom is 0.0486 e. The van der Waals surface area contributed by atoms with Gasteiger partial charge < -0.3 is 16.0 Å². The number of nitrogen functional groups attached to an aromatic ring is 1. The number of nitrogens with zero attached hydrogens (tertiary/aromatic N) is 1. The van der Waals surface area contributed by atoms with Crippen molar-refractivity contribution < 1.29 is 0 Å². The number of benzene rings is 1. The monoisotopic (exact) mass is 297 g/mol. The first-order valence-electron chi connectivity index (χ1n) is 6.27. The molecule has 1 aromatic carbocycles. The van der Waals surface area contributed by atoms with E-state index < -0.39 is 0 Å². The molecule has 17 heavy (non-hydrogen) atoms. The van der Waals surface area contributed by atoms with Crippen molar-refractivity contribution in [3.05, 3.63) is 22.7 Å². The average molecular weight is 298 g/mol. The van der Waals surface area contributed by atoms with Crippen LogP contribution in [0.4, 0.5) is 11.4 Å². The highest BCUT2D eigenvalue weighted by atomic mass is 79.9. The number of piperidine rings is 1. The minimum atomic E-state index is 0.790. The van der Waals surface area contributed by atoms with E-state index in [4.69, 9.17) is 5.73 Å². The van der Waals surface area contributed by atoms with Crippen molar-refractivity contribution in [3.8, 4) is 0 Å². The van der Waals surface area contributed by atoms with Crippen LogP contribution < -0.4 is 11.1 Å². The fourth-order valence-corrected chi connectivity index (χ4v) is 2.74. The summed E-state index contributed by atoms with van der Waals surface area (Å²) in [6.07, 6.45) is 4.10. The Morgan fingerprint density at radius 2 is 2.00 bits per heavy atom. The summed E-state index contributed by atoms with van der Waals surface area (Å²) in [6.45, 7) is 4.62. The number of nitrogens with two attached hydrogens (primary N) is 1. The zero-order valence-corrected chi connectivity index (χ0v) is 11.7. The molecule has 0 atom stereocenters. The molecule has 1 aliphatic heterocycles. The summed E-state index contributed by atoms with van der Waals surface area (Å²) in [6, 6.07) is 5.88. The van der Waals surface area contributed by atoms with Crippen molar-refractivity contribution in [3.63, 3.8) is 0 Å². The number of rotatable bonds is 4. The average Bonchev–Trinajstić information content (AvgIpc) is 2.33. The van der Waals surface area contributed by atoms with Crippen LogP contribution in [0.25, 0.3) is 0 Å². The molecule has 0 unspecified atom stereocenters. The first-order valence-corrected chi connectivity index (χ1v) is 7.06. The zero-order chi connectivity index (χ0) is 12.1. The summed E-state index contributed by atoms with van der Waals surface area (Å²) in [5.74, 6) is 0. The second-order valence-electron chi connectivity index (χ2n) is 4.57. The van der Waals surface area contributed by atoms with Gasteiger partial charge in [0.25, 0.3) is 0 Å². The summed E-state index contributed by atoms with van der Waals surface area (Å²) in [5, 5.41) is 3.44. The van der Waals surface area contributed by atoms with Crippen LogP contribution >= 0.6 is 15.9 Å². The third kappa shape index (κ3) is 3.89. The van der Waals surface area contributed by atoms with Gasteiger partial charge in [0, 0.05) is 28.9 Å². The lowest BCUT2D eigenvalue weighted by molar-refractivity contribution is 0.237. The van der Waals surface area contributed by atoms with Gasteiger partial charge in [0.2, 0.25) is 0 Å². The number of nitrogens with one attached hydrogen (secondary N) is 1. The first-order chi connectivity index (χ1) is 8.25. The lowest BCUT2D eigenvalue weighted by Crippen LogP contribution is -2.33. The predicted molar refractivity (Wildman–Crippen MR) is 77.3 cm³/mol. The Hall–Kier alpha value is -0.740. The molecular weight excluding hydrogens is 278 g/mol. The van der Waals surface area contributed by atoms with Crippen LogP contribution in [-0.4, -0.2) is 31.1 Å². The Labute approximate surface area is 111 Å². The van der Waals surface area contributed by atoms with Gasteiger partial charge in [0.15, 0.2) is 0 Å². The standard InChI is InChI=1S/C13H20BrN3/c14-12-10-11(15)4-5-13(12)16-6-9-17-7-2-1-3-8-17/h4-5,10,16H,1-3,6-9,15H2. The molecule has 0 radical (unpaired) electrons. The van der Waals surface area contributed by atoms with E-state index in [1.807, 2.05) is 18.2 Å². The molecule has 0 aromatic heterocycles. The van der Waals surface area contributed by atoms with Gasteiger partial charge >= 0.3 is 0 Å². The second-order valence-corrected chi connectivity index (χ2v) is 5.42. The number of halogens is 1. The Morgan fingerprint density at radius 1 is 1.24 bits per heavy atom. The molecule has 1 aromatic rings. The van der Waals surface area contributed by atoms with E-state index in [0.717, 1.165) is 28.9 Å². The van der Waals surface area contributed by atoms with E-state index in [2.05, 4.69) is 26.1 Å². The molecule has 3 N–H and O–H groups in total. The molecule has 0 aliphatic carbocycles. The first kappa shape index (κ1) is 12.7. The fraction of sp³-hybridized carbons (Fsp3) is 0.538. The highest BCUT2D eigenvalue weighted by Gasteiger charge is 2.09. The molecule has 0 saturated carbocycles. The van der Waals surface area contributed by atoms with Gasteiger partial charge in [-0.2, -0.15) is 0 Å². The van der Waals surface area contributed by atoms with Crippen LogP contribution in [-0.2, 0) is 0 Å². The summed E-state index contributed by atoms with van der Waals surface area (Å²) < 4.78 is 1.04. The molecule has 3 nitrogen and oxygen atoms in total. The summed E-state index contributed by atoms with van der Waals surface area (Å²) >= 11 is 3.52. The summed E-state index contributed by atoms with van der Waals surface area (Å²) in [7, 11) is 0. The maximum atomic E-state index is 5.71. The summed E-state index contributed by atoms with van der Waals surface area (Å²) in [4.78, 5) is 2.53. The van der Waals surface area contributed by atoms with E-state index in [0.29, 0.717) is 0 Å². The van der Waals surface area contributed by atoms with Crippen molar-refractivity contribution >= 4 is 27.3 Å². The van der Waals surface area contributed by atoms with Gasteiger partial charge in [0.1, 0.15) is 0 Å². The van der Waals surface area contributed by atoms with E-state index >= 15 is 0 Å². The molecule has 0 spiro atoms. The normalized spacial score (nSPS) is 17.0. The molecule has 4 heteroatoms. The molecule has 0 amide bonds. The van der Waals surface area contributed by atoms with Crippen LogP contribution in [0.5, 0.6) is 0 Å². The van der Waals surface area contributed by atoms with Gasteiger partial charge in [-0.05, 0) is 60.1 Å². The van der Waals surface area contributed by atoms with Crippen LogP contribution in [0.2, 0.25) is 0 Å². The Morgan fingerprint density at radius 3 is 2.71 bits per heavy atom. The maximum absolute atomic E-state index is 5.71. The van der Waals surface area contributed by atoms with Crippen molar-refractivity contribution in [1.29, 1.82) is 0 Å². The van der Waals surface area contributed by atoms with Gasteiger partial charge in [-0.3, -0.25) is 0 Å². The van der Waals surface area contributed by atoms with E-state index in [9.17, 15) is 0 Å². The molecule has 2 rings (SSSR count). The minimum Gasteiger partial charge on any atom is -0.399 e. The van der Waals surface area contributed by atoms with Gasteiger partial charge in [-0.25, -0.2) is 0 Å². The number of anilines is 2. The quantitative estimate of drug-likeness (QED) is 0.840. The third-order valence-electron chi connectivity index (χ3n) is 3.19. The fourth-order valence-electron chi connectivity index (χ4n) is 2.21. The molecular formula is C13H20BrN3. The molecule has 0 bridgehead atoms. The SMILES string of the molecule is Nc1ccc(NCCN2CCCCC2)c(Br)c1. The van der Waals surface area contributed by atoms with Crippen LogP contribution in [0.3, 0.4) is 0 Å². The van der Waals surface area contributed by atoms with Gasteiger partial charge in [-0.1, -0.05) is 6.42 Å². The Balaban J connectivity index is 1.77. The van der Waals surface area contributed by atoms with Crippen LogP contribution in [0.15, 0.2) is 22.7 Å². The lowest BCUT2D eigenvalue weighted by Gasteiger charge is -2.26. The van der Waals surface area contributed by atoms with Gasteiger partial charge in [0.05, 0.1) is 0 Å². The van der Waals surface area contributed by atoms with Crippen molar-refractivity contribution in [2.75, 3.05) is 37.2 Å². The number of likely N-dealkylation sites (tertiary alicyclic amines) is 1. The Kier molecular flexibility index (Phi) is 4.68. The molecule has 1 heterocycles. The molecule has 1 fully saturated rings. The van der Waals surface area contributed by atoms with E-state index in [-0.39, 0.29) is 0 Å². The topological polar surface area (TPSA) is 41.3 Å². The van der Waals surface area contributed by atoms with E-state index in [1.165, 1.54) is 32.4 Å². The molecule has 1 saturated heterocycles. The second kappa shape index (κ2) is 6.26. The third-order valence-corrected chi connectivity index (χ3v) is 3.84. The molecule has 94 valence electrons. The highest BCUT2D eigenvalue weighted by Crippen LogP contribution is 2.24. The summed E-state index contributed by atoms with van der Waals surface area (Å²) in [5.41, 5.74) is 7.62. The number of hydrogen-bond donors (Lipinski definition) is 2. The smallest absolute Gasteiger partial charge is 0.0486 e. The van der Waals surface area contributed by atoms with Crippen molar-refractivity contribution in [2.24, 2.45) is 0 Å². The minimum absolute atomic E-state index is 0.790. The van der Waals surface area contributed by atoms with Crippen LogP contribution in [0, 0.1) is 0 Å². The van der Waals surface area contributed by atoms with Gasteiger partial charge in [-0.15, -0.1) is 0 Å². The molecule has 1 aliphatic rings. The zero-order valence-electron chi connectivity index (χ0n) is 10.1. The van der Waals surface area contributed by atoms with Crippen LogP contribution in [0.1, 0.15) is 19.3 Å². The van der Waals surface area contributed by atoms with Crippen molar-refractivity contribution in [2.45, 2.75) is 19.3 Å². The largest absolute Gasteiger partial charge is 0.399 e. The lowest BCUT2D eigenvalue weighted by atomic mass is 10.1. The Bertz CT molecular complexity index is 362.